The molecule has 0 spiro atoms. The first-order valence-corrected chi connectivity index (χ1v) is 9.83. The first-order chi connectivity index (χ1) is 14.1. The van der Waals surface area contributed by atoms with E-state index in [2.05, 4.69) is 10.3 Å². The van der Waals surface area contributed by atoms with Crippen LogP contribution in [0.15, 0.2) is 41.3 Å². The normalized spacial score (nSPS) is 21.1. The molecule has 0 radical (unpaired) electrons. The van der Waals surface area contributed by atoms with Crippen LogP contribution in [0.4, 0.5) is 0 Å². The fourth-order valence-corrected chi connectivity index (χ4v) is 3.88. The summed E-state index contributed by atoms with van der Waals surface area (Å²) < 4.78 is 16.2. The number of nitrogens with one attached hydrogen (secondary N) is 1. The molecule has 2 fully saturated rings. The molecule has 0 bridgehead atoms. The Morgan fingerprint density at radius 3 is 2.59 bits per heavy atom. The van der Waals surface area contributed by atoms with Crippen molar-refractivity contribution >= 4 is 11.8 Å². The van der Waals surface area contributed by atoms with Gasteiger partial charge in [0.2, 0.25) is 0 Å². The smallest absolute Gasteiger partial charge is 0.253 e. The zero-order chi connectivity index (χ0) is 20.3. The number of amides is 2. The molecule has 1 unspecified atom stereocenters. The number of piperidine rings is 1. The predicted octanol–water partition coefficient (Wildman–Crippen LogP) is 1.87. The summed E-state index contributed by atoms with van der Waals surface area (Å²) in [6.07, 6.45) is 4.75. The number of ether oxygens (including phenoxy) is 2. The number of hydrogen-bond acceptors (Lipinski definition) is 6. The minimum Gasteiger partial charge on any atom is -0.444 e. The number of carbonyl (C=O) groups excluding carboxylic acids is 2. The Bertz CT molecular complexity index is 836. The highest BCUT2D eigenvalue weighted by Crippen LogP contribution is 2.28. The van der Waals surface area contributed by atoms with Crippen LogP contribution in [-0.2, 0) is 14.3 Å². The summed E-state index contributed by atoms with van der Waals surface area (Å²) in [6.45, 7) is 2.14. The quantitative estimate of drug-likeness (QED) is 0.825. The van der Waals surface area contributed by atoms with Crippen LogP contribution in [0.2, 0.25) is 0 Å². The fourth-order valence-electron chi connectivity index (χ4n) is 3.88. The van der Waals surface area contributed by atoms with E-state index in [0.717, 1.165) is 12.0 Å². The fraction of sp³-hybridized carbons (Fsp3) is 0.476. The topological polar surface area (TPSA) is 93.9 Å². The lowest BCUT2D eigenvalue weighted by Crippen LogP contribution is -2.57. The van der Waals surface area contributed by atoms with E-state index >= 15 is 0 Å². The summed E-state index contributed by atoms with van der Waals surface area (Å²) in [7, 11) is 1.56. The molecule has 2 aliphatic rings. The van der Waals surface area contributed by atoms with Gasteiger partial charge in [-0.15, -0.1) is 0 Å². The molecule has 8 heteroatoms. The van der Waals surface area contributed by atoms with Gasteiger partial charge in [-0.05, 0) is 18.6 Å². The lowest BCUT2D eigenvalue weighted by Gasteiger charge is -2.40. The van der Waals surface area contributed by atoms with Gasteiger partial charge < -0.3 is 24.1 Å². The molecule has 2 aliphatic heterocycles. The number of methoxy groups -OCH3 is 1. The molecular weight excluding hydrogens is 374 g/mol. The second-order valence-corrected chi connectivity index (χ2v) is 7.47. The molecular formula is C21H25N3O5. The second-order valence-electron chi connectivity index (χ2n) is 7.47. The lowest BCUT2D eigenvalue weighted by molar-refractivity contribution is -0.149. The number of rotatable bonds is 5. The maximum atomic E-state index is 12.9. The van der Waals surface area contributed by atoms with Gasteiger partial charge in [0.15, 0.2) is 12.2 Å². The number of likely N-dealkylation sites (tertiary alicyclic amines) is 1. The van der Waals surface area contributed by atoms with Crippen molar-refractivity contribution in [2.45, 2.75) is 30.9 Å². The van der Waals surface area contributed by atoms with E-state index in [1.54, 1.807) is 30.3 Å². The molecule has 1 aromatic heterocycles. The molecule has 0 saturated carbocycles. The van der Waals surface area contributed by atoms with Gasteiger partial charge in [0, 0.05) is 50.8 Å². The van der Waals surface area contributed by atoms with E-state index in [1.165, 1.54) is 6.39 Å². The van der Waals surface area contributed by atoms with Gasteiger partial charge in [-0.2, -0.15) is 0 Å². The van der Waals surface area contributed by atoms with Gasteiger partial charge >= 0.3 is 0 Å². The maximum absolute atomic E-state index is 12.9. The van der Waals surface area contributed by atoms with E-state index in [-0.39, 0.29) is 17.9 Å². The summed E-state index contributed by atoms with van der Waals surface area (Å²) in [5, 5.41) is 3.03. The molecule has 2 aromatic rings. The Kier molecular flexibility index (Phi) is 5.64. The molecule has 29 heavy (non-hydrogen) atoms. The molecule has 1 N–H and O–H groups in total. The summed E-state index contributed by atoms with van der Waals surface area (Å²) in [5.74, 6) is 0.493. The number of benzene rings is 1. The van der Waals surface area contributed by atoms with E-state index in [1.807, 2.05) is 12.1 Å². The monoisotopic (exact) mass is 399 g/mol. The minimum atomic E-state index is -0.893. The zero-order valence-electron chi connectivity index (χ0n) is 16.4. The van der Waals surface area contributed by atoms with Crippen LogP contribution in [0.3, 0.4) is 0 Å². The zero-order valence-corrected chi connectivity index (χ0v) is 16.4. The third-order valence-electron chi connectivity index (χ3n) is 5.78. The van der Waals surface area contributed by atoms with Crippen molar-refractivity contribution in [3.63, 3.8) is 0 Å². The van der Waals surface area contributed by atoms with Crippen molar-refractivity contribution in [2.75, 3.05) is 33.4 Å². The minimum absolute atomic E-state index is 0.0389. The number of aromatic nitrogens is 1. The summed E-state index contributed by atoms with van der Waals surface area (Å²) in [4.78, 5) is 31.3. The van der Waals surface area contributed by atoms with Crippen LogP contribution >= 0.6 is 0 Å². The van der Waals surface area contributed by atoms with Gasteiger partial charge in [-0.1, -0.05) is 12.1 Å². The van der Waals surface area contributed by atoms with E-state index in [4.69, 9.17) is 13.9 Å². The van der Waals surface area contributed by atoms with Crippen LogP contribution in [0, 0.1) is 0 Å². The molecule has 2 saturated heterocycles. The number of hydrogen-bond donors (Lipinski definition) is 1. The molecule has 0 aliphatic carbocycles. The molecule has 4 rings (SSSR count). The third kappa shape index (κ3) is 4.04. The maximum Gasteiger partial charge on any atom is 0.253 e. The van der Waals surface area contributed by atoms with Gasteiger partial charge in [0.1, 0.15) is 5.60 Å². The van der Waals surface area contributed by atoms with Crippen LogP contribution in [0.25, 0.3) is 11.3 Å². The van der Waals surface area contributed by atoms with Gasteiger partial charge in [-0.3, -0.25) is 9.59 Å². The van der Waals surface area contributed by atoms with Crippen molar-refractivity contribution < 1.29 is 23.5 Å². The van der Waals surface area contributed by atoms with Crippen LogP contribution in [0.1, 0.15) is 29.6 Å². The van der Waals surface area contributed by atoms with Crippen LogP contribution < -0.4 is 5.32 Å². The Hall–Kier alpha value is -2.71. The van der Waals surface area contributed by atoms with Gasteiger partial charge in [-0.25, -0.2) is 4.98 Å². The Labute approximate surface area is 169 Å². The highest BCUT2D eigenvalue weighted by Gasteiger charge is 2.43. The third-order valence-corrected chi connectivity index (χ3v) is 5.78. The van der Waals surface area contributed by atoms with Crippen molar-refractivity contribution in [2.24, 2.45) is 0 Å². The predicted molar refractivity (Wildman–Crippen MR) is 104 cm³/mol. The molecule has 1 atom stereocenters. The second kappa shape index (κ2) is 8.34. The highest BCUT2D eigenvalue weighted by atomic mass is 16.5. The summed E-state index contributed by atoms with van der Waals surface area (Å²) >= 11 is 0. The van der Waals surface area contributed by atoms with Crippen molar-refractivity contribution in [1.82, 2.24) is 15.2 Å². The largest absolute Gasteiger partial charge is 0.444 e. The van der Waals surface area contributed by atoms with E-state index in [9.17, 15) is 9.59 Å². The molecule has 1 aromatic carbocycles. The number of nitrogens with zero attached hydrogens (tertiary/aromatic N) is 2. The summed E-state index contributed by atoms with van der Waals surface area (Å²) in [6, 6.07) is 7.29. The van der Waals surface area contributed by atoms with Gasteiger partial charge in [0.25, 0.3) is 11.8 Å². The Morgan fingerprint density at radius 1 is 1.24 bits per heavy atom. The standard InChI is InChI=1S/C21H25N3O5/c1-27-21(20(26)23-17-6-11-28-13-17)7-9-24(10-8-21)19(25)16-4-2-15(3-5-16)18-12-22-14-29-18/h2-5,12,14,17H,6-11,13H2,1H3,(H,23,26). The average Bonchev–Trinajstić information content (AvgIpc) is 3.48. The molecule has 3 heterocycles. The van der Waals surface area contributed by atoms with Crippen molar-refractivity contribution in [3.05, 3.63) is 42.4 Å². The van der Waals surface area contributed by atoms with Gasteiger partial charge in [0.05, 0.1) is 18.8 Å². The Morgan fingerprint density at radius 2 is 2.00 bits per heavy atom. The van der Waals surface area contributed by atoms with Crippen molar-refractivity contribution in [3.8, 4) is 11.3 Å². The number of carbonyl (C=O) groups is 2. The number of oxazole rings is 1. The first kappa shape index (κ1) is 19.6. The average molecular weight is 399 g/mol. The van der Waals surface area contributed by atoms with Crippen LogP contribution in [-0.4, -0.2) is 66.8 Å². The van der Waals surface area contributed by atoms with E-state index < -0.39 is 5.60 Å². The van der Waals surface area contributed by atoms with E-state index in [0.29, 0.717) is 50.5 Å². The highest BCUT2D eigenvalue weighted by molar-refractivity contribution is 5.95. The first-order valence-electron chi connectivity index (χ1n) is 9.83. The Balaban J connectivity index is 1.37. The van der Waals surface area contributed by atoms with Crippen LogP contribution in [0.5, 0.6) is 0 Å². The molecule has 154 valence electrons. The SMILES string of the molecule is COC1(C(=O)NC2CCOC2)CCN(C(=O)c2ccc(-c3cnco3)cc2)CC1. The molecule has 8 nitrogen and oxygen atoms in total. The lowest BCUT2D eigenvalue weighted by atomic mass is 9.89. The molecule has 2 amide bonds. The summed E-state index contributed by atoms with van der Waals surface area (Å²) in [5.41, 5.74) is 0.574. The van der Waals surface area contributed by atoms with Crippen molar-refractivity contribution in [1.29, 1.82) is 0 Å².